The van der Waals surface area contributed by atoms with Gasteiger partial charge in [-0.1, -0.05) is 6.07 Å². The van der Waals surface area contributed by atoms with Crippen LogP contribution in [0, 0.1) is 19.8 Å². The lowest BCUT2D eigenvalue weighted by molar-refractivity contribution is -0.116. The van der Waals surface area contributed by atoms with Gasteiger partial charge in [0.1, 0.15) is 0 Å². The average molecular weight is 261 g/mol. The molecule has 0 saturated carbocycles. The Morgan fingerprint density at radius 3 is 2.68 bits per heavy atom. The van der Waals surface area contributed by atoms with Gasteiger partial charge in [0.05, 0.1) is 0 Å². The molecule has 104 valence electrons. The first-order valence-corrected chi connectivity index (χ1v) is 7.10. The number of nitrogens with one attached hydrogen (secondary N) is 1. The van der Waals surface area contributed by atoms with Crippen molar-refractivity contribution in [1.29, 1.82) is 0 Å². The molecule has 0 aliphatic carbocycles. The van der Waals surface area contributed by atoms with Crippen molar-refractivity contribution in [2.24, 2.45) is 5.92 Å². The first-order chi connectivity index (χ1) is 9.15. The Kier molecular flexibility index (Phi) is 4.97. The van der Waals surface area contributed by atoms with Crippen LogP contribution in [0.25, 0.3) is 0 Å². The van der Waals surface area contributed by atoms with Crippen molar-refractivity contribution in [3.8, 4) is 0 Å². The molecule has 3 nitrogen and oxygen atoms in total. The van der Waals surface area contributed by atoms with Crippen molar-refractivity contribution >= 4 is 11.6 Å². The lowest BCUT2D eigenvalue weighted by atomic mass is 9.95. The standard InChI is InChI=1S/C16H23NO2/c1-12-3-5-15(11-13(12)2)17-16(18)6-4-14-7-9-19-10-8-14/h3,5,11,14H,4,6-10H2,1-2H3,(H,17,18). The van der Waals surface area contributed by atoms with Gasteiger partial charge in [0.2, 0.25) is 5.91 Å². The fraction of sp³-hybridized carbons (Fsp3) is 0.562. The Balaban J connectivity index is 1.78. The maximum absolute atomic E-state index is 11.9. The number of ether oxygens (including phenoxy) is 1. The molecule has 1 aliphatic rings. The first-order valence-electron chi connectivity index (χ1n) is 7.10. The molecule has 1 aromatic carbocycles. The van der Waals surface area contributed by atoms with E-state index in [1.807, 2.05) is 18.2 Å². The fourth-order valence-electron chi connectivity index (χ4n) is 2.41. The topological polar surface area (TPSA) is 38.3 Å². The number of carbonyl (C=O) groups is 1. The van der Waals surface area contributed by atoms with Gasteiger partial charge >= 0.3 is 0 Å². The van der Waals surface area contributed by atoms with Crippen LogP contribution in [-0.4, -0.2) is 19.1 Å². The molecule has 0 spiro atoms. The van der Waals surface area contributed by atoms with Gasteiger partial charge in [-0.25, -0.2) is 0 Å². The van der Waals surface area contributed by atoms with Gasteiger partial charge in [-0.2, -0.15) is 0 Å². The van der Waals surface area contributed by atoms with E-state index in [4.69, 9.17) is 4.74 Å². The first kappa shape index (κ1) is 14.1. The SMILES string of the molecule is Cc1ccc(NC(=O)CCC2CCOCC2)cc1C. The quantitative estimate of drug-likeness (QED) is 0.901. The van der Waals surface area contributed by atoms with Crippen LogP contribution in [0.4, 0.5) is 5.69 Å². The van der Waals surface area contributed by atoms with Crippen molar-refractivity contribution in [2.45, 2.75) is 39.5 Å². The van der Waals surface area contributed by atoms with Crippen LogP contribution in [0.3, 0.4) is 0 Å². The Labute approximate surface area is 115 Å². The normalized spacial score (nSPS) is 16.3. The highest BCUT2D eigenvalue weighted by Crippen LogP contribution is 2.20. The van der Waals surface area contributed by atoms with Gasteiger partial charge in [0, 0.05) is 25.3 Å². The van der Waals surface area contributed by atoms with Crippen LogP contribution in [-0.2, 0) is 9.53 Å². The highest BCUT2D eigenvalue weighted by atomic mass is 16.5. The average Bonchev–Trinajstić information content (AvgIpc) is 2.42. The third-order valence-corrected chi connectivity index (χ3v) is 3.91. The van der Waals surface area contributed by atoms with Crippen molar-refractivity contribution < 1.29 is 9.53 Å². The van der Waals surface area contributed by atoms with Crippen molar-refractivity contribution in [3.63, 3.8) is 0 Å². The number of hydrogen-bond acceptors (Lipinski definition) is 2. The van der Waals surface area contributed by atoms with E-state index in [0.717, 1.165) is 38.2 Å². The number of benzene rings is 1. The van der Waals surface area contributed by atoms with Gasteiger partial charge in [0.15, 0.2) is 0 Å². The largest absolute Gasteiger partial charge is 0.381 e. The van der Waals surface area contributed by atoms with Gasteiger partial charge in [-0.3, -0.25) is 4.79 Å². The summed E-state index contributed by atoms with van der Waals surface area (Å²) in [5.41, 5.74) is 3.36. The zero-order valence-corrected chi connectivity index (χ0v) is 11.9. The number of rotatable bonds is 4. The summed E-state index contributed by atoms with van der Waals surface area (Å²) in [6.45, 7) is 5.84. The third-order valence-electron chi connectivity index (χ3n) is 3.91. The molecule has 3 heteroatoms. The van der Waals surface area contributed by atoms with E-state index in [1.165, 1.54) is 11.1 Å². The van der Waals surface area contributed by atoms with Crippen molar-refractivity contribution in [2.75, 3.05) is 18.5 Å². The molecule has 2 rings (SSSR count). The second-order valence-corrected chi connectivity index (χ2v) is 5.44. The minimum Gasteiger partial charge on any atom is -0.381 e. The van der Waals surface area contributed by atoms with Gasteiger partial charge in [-0.05, 0) is 62.3 Å². The highest BCUT2D eigenvalue weighted by Gasteiger charge is 2.15. The molecule has 1 N–H and O–H groups in total. The molecular weight excluding hydrogens is 238 g/mol. The van der Waals surface area contributed by atoms with E-state index >= 15 is 0 Å². The molecule has 19 heavy (non-hydrogen) atoms. The van der Waals surface area contributed by atoms with Gasteiger partial charge < -0.3 is 10.1 Å². The minimum absolute atomic E-state index is 0.120. The molecule has 1 heterocycles. The van der Waals surface area contributed by atoms with E-state index in [-0.39, 0.29) is 5.91 Å². The zero-order valence-electron chi connectivity index (χ0n) is 11.9. The monoisotopic (exact) mass is 261 g/mol. The maximum atomic E-state index is 11.9. The van der Waals surface area contributed by atoms with E-state index < -0.39 is 0 Å². The van der Waals surface area contributed by atoms with Crippen molar-refractivity contribution in [3.05, 3.63) is 29.3 Å². The molecule has 0 bridgehead atoms. The Morgan fingerprint density at radius 2 is 2.00 bits per heavy atom. The fourth-order valence-corrected chi connectivity index (χ4v) is 2.41. The summed E-state index contributed by atoms with van der Waals surface area (Å²) >= 11 is 0. The number of carbonyl (C=O) groups excluding carboxylic acids is 1. The molecule has 1 amide bonds. The third kappa shape index (κ3) is 4.35. The van der Waals surface area contributed by atoms with Crippen LogP contribution in [0.1, 0.15) is 36.8 Å². The van der Waals surface area contributed by atoms with Crippen molar-refractivity contribution in [1.82, 2.24) is 0 Å². The number of anilines is 1. The number of amides is 1. The predicted molar refractivity (Wildman–Crippen MR) is 77.3 cm³/mol. The van der Waals surface area contributed by atoms with Gasteiger partial charge in [-0.15, -0.1) is 0 Å². The summed E-state index contributed by atoms with van der Waals surface area (Å²) in [6.07, 6.45) is 3.77. The Hall–Kier alpha value is -1.35. The molecule has 0 aromatic heterocycles. The van der Waals surface area contributed by atoms with Crippen LogP contribution in [0.2, 0.25) is 0 Å². The molecular formula is C16H23NO2. The molecule has 1 aliphatic heterocycles. The Bertz CT molecular complexity index is 436. The molecule has 1 fully saturated rings. The van der Waals surface area contributed by atoms with Crippen LogP contribution >= 0.6 is 0 Å². The highest BCUT2D eigenvalue weighted by molar-refractivity contribution is 5.90. The van der Waals surface area contributed by atoms with Gasteiger partial charge in [0.25, 0.3) is 0 Å². The zero-order chi connectivity index (χ0) is 13.7. The maximum Gasteiger partial charge on any atom is 0.224 e. The summed E-state index contributed by atoms with van der Waals surface area (Å²) in [5.74, 6) is 0.772. The van der Waals surface area contributed by atoms with E-state index in [2.05, 4.69) is 19.2 Å². The molecule has 0 unspecified atom stereocenters. The lowest BCUT2D eigenvalue weighted by Crippen LogP contribution is -2.18. The molecule has 0 radical (unpaired) electrons. The summed E-state index contributed by atoms with van der Waals surface area (Å²) in [4.78, 5) is 11.9. The summed E-state index contributed by atoms with van der Waals surface area (Å²) in [5, 5.41) is 2.98. The van der Waals surface area contributed by atoms with Crippen LogP contribution < -0.4 is 5.32 Å². The van der Waals surface area contributed by atoms with E-state index in [9.17, 15) is 4.79 Å². The predicted octanol–water partition coefficient (Wildman–Crippen LogP) is 3.45. The second-order valence-electron chi connectivity index (χ2n) is 5.44. The van der Waals surface area contributed by atoms with Crippen LogP contribution in [0.5, 0.6) is 0 Å². The second kappa shape index (κ2) is 6.71. The van der Waals surface area contributed by atoms with Crippen LogP contribution in [0.15, 0.2) is 18.2 Å². The summed E-state index contributed by atoms with van der Waals surface area (Å²) < 4.78 is 5.33. The molecule has 1 saturated heterocycles. The van der Waals surface area contributed by atoms with E-state index in [0.29, 0.717) is 12.3 Å². The molecule has 1 aromatic rings. The summed E-state index contributed by atoms with van der Waals surface area (Å²) in [6, 6.07) is 6.04. The number of aryl methyl sites for hydroxylation is 2. The smallest absolute Gasteiger partial charge is 0.224 e. The minimum atomic E-state index is 0.120. The Morgan fingerprint density at radius 1 is 1.26 bits per heavy atom. The lowest BCUT2D eigenvalue weighted by Gasteiger charge is -2.21. The van der Waals surface area contributed by atoms with E-state index in [1.54, 1.807) is 0 Å². The number of hydrogen-bond donors (Lipinski definition) is 1. The molecule has 0 atom stereocenters. The summed E-state index contributed by atoms with van der Waals surface area (Å²) in [7, 11) is 0.